The summed E-state index contributed by atoms with van der Waals surface area (Å²) in [6, 6.07) is 0.392. The Balaban J connectivity index is 2.13. The van der Waals surface area contributed by atoms with Crippen LogP contribution in [0.5, 0.6) is 0 Å². The average molecular weight is 279 g/mol. The maximum absolute atomic E-state index is 12.3. The van der Waals surface area contributed by atoms with Crippen LogP contribution in [0.4, 0.5) is 0 Å². The summed E-state index contributed by atoms with van der Waals surface area (Å²) in [5.74, 6) is -0.822. The van der Waals surface area contributed by atoms with E-state index in [-0.39, 0.29) is 18.9 Å². The van der Waals surface area contributed by atoms with E-state index in [0.29, 0.717) is 23.8 Å². The molecule has 2 rings (SSSR count). The van der Waals surface area contributed by atoms with Crippen molar-refractivity contribution >= 4 is 11.9 Å². The fraction of sp³-hybridized carbons (Fsp3) is 0.643. The van der Waals surface area contributed by atoms with Crippen LogP contribution in [0.25, 0.3) is 0 Å². The van der Waals surface area contributed by atoms with Crippen molar-refractivity contribution in [3.63, 3.8) is 0 Å². The lowest BCUT2D eigenvalue weighted by Gasteiger charge is -2.20. The van der Waals surface area contributed by atoms with Crippen LogP contribution in [-0.2, 0) is 22.6 Å². The van der Waals surface area contributed by atoms with Crippen molar-refractivity contribution < 1.29 is 14.7 Å². The first-order valence-electron chi connectivity index (χ1n) is 6.98. The molecule has 1 fully saturated rings. The minimum atomic E-state index is -0.879. The number of carboxylic acid groups (broad SMARTS) is 1. The lowest BCUT2D eigenvalue weighted by atomic mass is 10.1. The first-order chi connectivity index (χ1) is 9.43. The van der Waals surface area contributed by atoms with Gasteiger partial charge >= 0.3 is 5.97 Å². The van der Waals surface area contributed by atoms with Crippen molar-refractivity contribution in [2.75, 3.05) is 6.54 Å². The predicted molar refractivity (Wildman–Crippen MR) is 73.4 cm³/mol. The van der Waals surface area contributed by atoms with Crippen molar-refractivity contribution in [2.24, 2.45) is 0 Å². The number of carboxylic acids is 1. The Hall–Kier alpha value is -1.85. The van der Waals surface area contributed by atoms with Gasteiger partial charge in [0.2, 0.25) is 5.91 Å². The van der Waals surface area contributed by atoms with Gasteiger partial charge in [-0.3, -0.25) is 14.3 Å². The third-order valence-electron chi connectivity index (χ3n) is 3.79. The topological polar surface area (TPSA) is 75.4 Å². The molecule has 0 unspecified atom stereocenters. The molecule has 0 aromatic carbocycles. The molecule has 1 aliphatic carbocycles. The number of aromatic nitrogens is 2. The molecular weight excluding hydrogens is 258 g/mol. The Morgan fingerprint density at radius 2 is 2.05 bits per heavy atom. The molecule has 1 aromatic heterocycles. The van der Waals surface area contributed by atoms with Crippen molar-refractivity contribution in [1.29, 1.82) is 0 Å². The first kappa shape index (κ1) is 14.6. The van der Waals surface area contributed by atoms with Crippen LogP contribution in [0.1, 0.15) is 36.7 Å². The zero-order chi connectivity index (χ0) is 14.9. The van der Waals surface area contributed by atoms with Crippen LogP contribution in [0.3, 0.4) is 0 Å². The van der Waals surface area contributed by atoms with Crippen LogP contribution in [0, 0.1) is 13.8 Å². The summed E-state index contributed by atoms with van der Waals surface area (Å²) in [5, 5.41) is 13.2. The fourth-order valence-corrected chi connectivity index (χ4v) is 2.54. The summed E-state index contributed by atoms with van der Waals surface area (Å²) in [5.41, 5.74) is 2.16. The summed E-state index contributed by atoms with van der Waals surface area (Å²) >= 11 is 0. The highest BCUT2D eigenvalue weighted by Crippen LogP contribution is 2.27. The molecule has 0 spiro atoms. The summed E-state index contributed by atoms with van der Waals surface area (Å²) < 4.78 is 1.63. The van der Waals surface area contributed by atoms with E-state index >= 15 is 0 Å². The van der Waals surface area contributed by atoms with Gasteiger partial charge in [-0.25, -0.2) is 0 Å². The van der Waals surface area contributed by atoms with E-state index in [1.165, 1.54) is 0 Å². The molecule has 1 saturated carbocycles. The highest BCUT2D eigenvalue weighted by atomic mass is 16.4. The van der Waals surface area contributed by atoms with E-state index in [0.717, 1.165) is 18.5 Å². The standard InChI is InChI=1S/C14H21N3O3/c1-4-16(11-5-6-11)13(18)8-17-10(3)12(7-14(19)20)9(2)15-17/h11H,4-8H2,1-3H3,(H,19,20). The van der Waals surface area contributed by atoms with Crippen LogP contribution >= 0.6 is 0 Å². The largest absolute Gasteiger partial charge is 0.481 e. The van der Waals surface area contributed by atoms with Gasteiger partial charge in [0.25, 0.3) is 0 Å². The first-order valence-corrected chi connectivity index (χ1v) is 6.98. The number of likely N-dealkylation sites (N-methyl/N-ethyl adjacent to an activating group) is 1. The molecule has 0 bridgehead atoms. The number of carbonyl (C=O) groups excluding carboxylic acids is 1. The van der Waals surface area contributed by atoms with Gasteiger partial charge in [-0.2, -0.15) is 5.10 Å². The SMILES string of the molecule is CCN(C(=O)Cn1nc(C)c(CC(=O)O)c1C)C1CC1. The smallest absolute Gasteiger partial charge is 0.307 e. The number of rotatable bonds is 6. The summed E-state index contributed by atoms with van der Waals surface area (Å²) in [6.07, 6.45) is 2.12. The Morgan fingerprint density at radius 3 is 2.55 bits per heavy atom. The zero-order valence-electron chi connectivity index (χ0n) is 12.2. The number of amides is 1. The Labute approximate surface area is 118 Å². The van der Waals surface area contributed by atoms with Gasteiger partial charge in [0.15, 0.2) is 0 Å². The van der Waals surface area contributed by atoms with Gasteiger partial charge in [0.05, 0.1) is 12.1 Å². The molecule has 0 aliphatic heterocycles. The van der Waals surface area contributed by atoms with Gasteiger partial charge in [0, 0.05) is 23.8 Å². The summed E-state index contributed by atoms with van der Waals surface area (Å²) in [6.45, 7) is 6.48. The van der Waals surface area contributed by atoms with E-state index in [2.05, 4.69) is 5.10 Å². The maximum Gasteiger partial charge on any atom is 0.307 e. The van der Waals surface area contributed by atoms with Crippen molar-refractivity contribution in [3.8, 4) is 0 Å². The van der Waals surface area contributed by atoms with E-state index in [1.54, 1.807) is 11.6 Å². The third kappa shape index (κ3) is 3.00. The molecule has 0 radical (unpaired) electrons. The fourth-order valence-electron chi connectivity index (χ4n) is 2.54. The zero-order valence-corrected chi connectivity index (χ0v) is 12.2. The molecule has 20 heavy (non-hydrogen) atoms. The Morgan fingerprint density at radius 1 is 1.40 bits per heavy atom. The van der Waals surface area contributed by atoms with E-state index in [1.807, 2.05) is 18.7 Å². The lowest BCUT2D eigenvalue weighted by Crippen LogP contribution is -2.35. The van der Waals surface area contributed by atoms with Crippen LogP contribution in [-0.4, -0.2) is 44.3 Å². The maximum atomic E-state index is 12.3. The van der Waals surface area contributed by atoms with E-state index in [9.17, 15) is 9.59 Å². The molecule has 6 heteroatoms. The molecule has 0 atom stereocenters. The van der Waals surface area contributed by atoms with Gasteiger partial charge < -0.3 is 10.0 Å². The van der Waals surface area contributed by atoms with Gasteiger partial charge in [-0.15, -0.1) is 0 Å². The second kappa shape index (κ2) is 5.64. The summed E-state index contributed by atoms with van der Waals surface area (Å²) in [7, 11) is 0. The molecular formula is C14H21N3O3. The van der Waals surface area contributed by atoms with E-state index in [4.69, 9.17) is 5.11 Å². The molecule has 1 amide bonds. The van der Waals surface area contributed by atoms with Crippen molar-refractivity contribution in [3.05, 3.63) is 17.0 Å². The molecule has 1 aliphatic rings. The van der Waals surface area contributed by atoms with Gasteiger partial charge in [-0.05, 0) is 33.6 Å². The molecule has 1 N–H and O–H groups in total. The number of hydrogen-bond donors (Lipinski definition) is 1. The highest BCUT2D eigenvalue weighted by Gasteiger charge is 2.31. The van der Waals surface area contributed by atoms with Crippen LogP contribution in [0.15, 0.2) is 0 Å². The number of aliphatic carboxylic acids is 1. The molecule has 110 valence electrons. The Bertz CT molecular complexity index is 532. The third-order valence-corrected chi connectivity index (χ3v) is 3.79. The molecule has 1 aromatic rings. The summed E-state index contributed by atoms with van der Waals surface area (Å²) in [4.78, 5) is 25.0. The Kier molecular flexibility index (Phi) is 4.11. The van der Waals surface area contributed by atoms with E-state index < -0.39 is 5.97 Å². The molecule has 1 heterocycles. The van der Waals surface area contributed by atoms with Crippen LogP contribution in [0.2, 0.25) is 0 Å². The van der Waals surface area contributed by atoms with Gasteiger partial charge in [0.1, 0.15) is 6.54 Å². The minimum absolute atomic E-state index is 0.0496. The number of aryl methyl sites for hydroxylation is 1. The average Bonchev–Trinajstić information content (AvgIpc) is 3.15. The number of nitrogens with zero attached hydrogens (tertiary/aromatic N) is 3. The minimum Gasteiger partial charge on any atom is -0.481 e. The van der Waals surface area contributed by atoms with Crippen LogP contribution < -0.4 is 0 Å². The molecule has 0 saturated heterocycles. The number of carbonyl (C=O) groups is 2. The van der Waals surface area contributed by atoms with Crippen molar-refractivity contribution in [2.45, 2.75) is 52.6 Å². The van der Waals surface area contributed by atoms with Crippen molar-refractivity contribution in [1.82, 2.24) is 14.7 Å². The monoisotopic (exact) mass is 279 g/mol. The quantitative estimate of drug-likeness (QED) is 0.847. The second-order valence-electron chi connectivity index (χ2n) is 5.29. The van der Waals surface area contributed by atoms with Gasteiger partial charge in [-0.1, -0.05) is 0 Å². The highest BCUT2D eigenvalue weighted by molar-refractivity contribution is 5.77. The second-order valence-corrected chi connectivity index (χ2v) is 5.29. The normalized spacial score (nSPS) is 14.3. The number of hydrogen-bond acceptors (Lipinski definition) is 3. The lowest BCUT2D eigenvalue weighted by molar-refractivity contribution is -0.136. The predicted octanol–water partition coefficient (Wildman–Crippen LogP) is 1.14. The molecule has 6 nitrogen and oxygen atoms in total.